The molecule has 7 heteroatoms. The van der Waals surface area contributed by atoms with Gasteiger partial charge in [0, 0.05) is 16.1 Å². The van der Waals surface area contributed by atoms with Gasteiger partial charge in [0.1, 0.15) is 11.9 Å². The lowest BCUT2D eigenvalue weighted by molar-refractivity contribution is -0.123. The SMILES string of the molecule is C[C@@H](C(=O)NN=Cc1ccccc1Cl)n1c(-c2ccccc2)nc2ccccc2c1=O. The van der Waals surface area contributed by atoms with Gasteiger partial charge in [0.15, 0.2) is 0 Å². The van der Waals surface area contributed by atoms with Gasteiger partial charge < -0.3 is 0 Å². The monoisotopic (exact) mass is 430 g/mol. The van der Waals surface area contributed by atoms with E-state index < -0.39 is 11.9 Å². The third-order valence-corrected chi connectivity index (χ3v) is 5.23. The summed E-state index contributed by atoms with van der Waals surface area (Å²) >= 11 is 6.11. The second-order valence-electron chi connectivity index (χ2n) is 6.93. The molecule has 1 N–H and O–H groups in total. The highest BCUT2D eigenvalue weighted by Gasteiger charge is 2.22. The number of rotatable bonds is 5. The van der Waals surface area contributed by atoms with E-state index in [1.54, 1.807) is 37.3 Å². The third-order valence-electron chi connectivity index (χ3n) is 4.89. The molecule has 0 aliphatic heterocycles. The zero-order valence-electron chi connectivity index (χ0n) is 16.7. The van der Waals surface area contributed by atoms with Crippen LogP contribution in [0.25, 0.3) is 22.3 Å². The van der Waals surface area contributed by atoms with Gasteiger partial charge in [0.05, 0.1) is 17.1 Å². The van der Waals surface area contributed by atoms with Crippen molar-refractivity contribution in [3.8, 4) is 11.4 Å². The summed E-state index contributed by atoms with van der Waals surface area (Å²) < 4.78 is 1.40. The first-order valence-corrected chi connectivity index (χ1v) is 10.1. The average molecular weight is 431 g/mol. The zero-order chi connectivity index (χ0) is 21.8. The standard InChI is InChI=1S/C24H19ClN4O2/c1-16(23(30)28-26-15-18-11-5-7-13-20(18)25)29-22(17-9-3-2-4-10-17)27-21-14-8-6-12-19(21)24(29)31/h2-16H,1H3,(H,28,30)/t16-/m0/s1. The summed E-state index contributed by atoms with van der Waals surface area (Å²) in [6, 6.07) is 22.7. The number of carbonyl (C=O) groups is 1. The summed E-state index contributed by atoms with van der Waals surface area (Å²) in [6.07, 6.45) is 1.46. The van der Waals surface area contributed by atoms with Crippen LogP contribution in [0.5, 0.6) is 0 Å². The highest BCUT2D eigenvalue weighted by Crippen LogP contribution is 2.22. The molecule has 6 nitrogen and oxygen atoms in total. The van der Waals surface area contributed by atoms with Crippen LogP contribution < -0.4 is 11.0 Å². The average Bonchev–Trinajstić information content (AvgIpc) is 2.80. The van der Waals surface area contributed by atoms with Gasteiger partial charge in [-0.1, -0.05) is 72.3 Å². The van der Waals surface area contributed by atoms with Crippen molar-refractivity contribution < 1.29 is 4.79 Å². The number of fused-ring (bicyclic) bond motifs is 1. The van der Waals surface area contributed by atoms with E-state index in [1.165, 1.54) is 10.8 Å². The Morgan fingerprint density at radius 3 is 2.48 bits per heavy atom. The summed E-state index contributed by atoms with van der Waals surface area (Å²) in [5.74, 6) is -0.0262. The van der Waals surface area contributed by atoms with Crippen LogP contribution in [0.2, 0.25) is 5.02 Å². The number of hydrazone groups is 1. The molecule has 0 aliphatic carbocycles. The van der Waals surface area contributed by atoms with Crippen LogP contribution >= 0.6 is 11.6 Å². The van der Waals surface area contributed by atoms with Gasteiger partial charge in [-0.3, -0.25) is 14.2 Å². The molecule has 31 heavy (non-hydrogen) atoms. The van der Waals surface area contributed by atoms with E-state index >= 15 is 0 Å². The second-order valence-corrected chi connectivity index (χ2v) is 7.33. The molecular formula is C24H19ClN4O2. The van der Waals surface area contributed by atoms with Gasteiger partial charge in [0.2, 0.25) is 0 Å². The van der Waals surface area contributed by atoms with Gasteiger partial charge in [-0.05, 0) is 25.1 Å². The first-order chi connectivity index (χ1) is 15.1. The minimum atomic E-state index is -0.844. The van der Waals surface area contributed by atoms with Crippen LogP contribution in [0.1, 0.15) is 18.5 Å². The lowest BCUT2D eigenvalue weighted by Gasteiger charge is -2.18. The maximum Gasteiger partial charge on any atom is 0.263 e. The largest absolute Gasteiger partial charge is 0.280 e. The Bertz CT molecular complexity index is 1330. The zero-order valence-corrected chi connectivity index (χ0v) is 17.5. The van der Waals surface area contributed by atoms with Crippen LogP contribution in [0.4, 0.5) is 0 Å². The fourth-order valence-electron chi connectivity index (χ4n) is 3.25. The Kier molecular flexibility index (Phi) is 5.91. The minimum absolute atomic E-state index is 0.290. The minimum Gasteiger partial charge on any atom is -0.280 e. The number of hydrogen-bond donors (Lipinski definition) is 1. The Morgan fingerprint density at radius 1 is 1.03 bits per heavy atom. The molecule has 0 saturated carbocycles. The van der Waals surface area contributed by atoms with E-state index in [0.29, 0.717) is 27.3 Å². The van der Waals surface area contributed by atoms with Crippen molar-refractivity contribution in [2.24, 2.45) is 5.10 Å². The number of nitrogens with one attached hydrogen (secondary N) is 1. The van der Waals surface area contributed by atoms with Gasteiger partial charge in [0.25, 0.3) is 11.5 Å². The lowest BCUT2D eigenvalue weighted by atomic mass is 10.1. The van der Waals surface area contributed by atoms with Gasteiger partial charge in [-0.25, -0.2) is 10.4 Å². The predicted molar refractivity (Wildman–Crippen MR) is 123 cm³/mol. The normalized spacial score (nSPS) is 12.2. The Morgan fingerprint density at radius 2 is 1.71 bits per heavy atom. The fraction of sp³-hybridized carbons (Fsp3) is 0.0833. The Balaban J connectivity index is 1.72. The molecule has 3 aromatic carbocycles. The summed E-state index contributed by atoms with van der Waals surface area (Å²) in [5, 5.41) is 4.97. The smallest absolute Gasteiger partial charge is 0.263 e. The molecule has 0 bridgehead atoms. The van der Waals surface area contributed by atoms with Crippen LogP contribution in [0, 0.1) is 0 Å². The fourth-order valence-corrected chi connectivity index (χ4v) is 3.44. The van der Waals surface area contributed by atoms with Crippen LogP contribution in [-0.4, -0.2) is 21.7 Å². The van der Waals surface area contributed by atoms with Gasteiger partial charge in [-0.15, -0.1) is 0 Å². The molecule has 0 aliphatic rings. The quantitative estimate of drug-likeness (QED) is 0.376. The van der Waals surface area contributed by atoms with Crippen molar-refractivity contribution >= 4 is 34.6 Å². The van der Waals surface area contributed by atoms with E-state index in [1.807, 2.05) is 48.5 Å². The number of para-hydroxylation sites is 1. The van der Waals surface area contributed by atoms with Crippen molar-refractivity contribution in [3.05, 3.63) is 99.8 Å². The number of hydrogen-bond acceptors (Lipinski definition) is 4. The van der Waals surface area contributed by atoms with E-state index in [0.717, 1.165) is 5.56 Å². The molecule has 0 radical (unpaired) electrons. The second kappa shape index (κ2) is 8.93. The summed E-state index contributed by atoms with van der Waals surface area (Å²) in [7, 11) is 0. The predicted octanol–water partition coefficient (Wildman–Crippen LogP) is 4.43. The van der Waals surface area contributed by atoms with Gasteiger partial charge >= 0.3 is 0 Å². The highest BCUT2D eigenvalue weighted by atomic mass is 35.5. The number of aromatic nitrogens is 2. The van der Waals surface area contributed by atoms with Gasteiger partial charge in [-0.2, -0.15) is 5.10 Å². The van der Waals surface area contributed by atoms with Crippen LogP contribution in [0.15, 0.2) is 88.8 Å². The molecule has 0 saturated heterocycles. The number of amides is 1. The van der Waals surface area contributed by atoms with Crippen molar-refractivity contribution in [1.29, 1.82) is 0 Å². The van der Waals surface area contributed by atoms with Crippen LogP contribution in [-0.2, 0) is 4.79 Å². The molecule has 1 atom stereocenters. The number of halogens is 1. The molecule has 0 fully saturated rings. The molecule has 154 valence electrons. The first-order valence-electron chi connectivity index (χ1n) is 9.70. The topological polar surface area (TPSA) is 76.3 Å². The van der Waals surface area contributed by atoms with E-state index in [9.17, 15) is 9.59 Å². The Labute approximate surface area is 183 Å². The Hall–Kier alpha value is -3.77. The van der Waals surface area contributed by atoms with E-state index in [-0.39, 0.29) is 5.56 Å². The van der Waals surface area contributed by atoms with Crippen molar-refractivity contribution in [2.75, 3.05) is 0 Å². The van der Waals surface area contributed by atoms with E-state index in [4.69, 9.17) is 11.6 Å². The van der Waals surface area contributed by atoms with E-state index in [2.05, 4.69) is 15.5 Å². The number of benzene rings is 3. The first kappa shape index (κ1) is 20.5. The molecule has 1 aromatic heterocycles. The maximum absolute atomic E-state index is 13.3. The highest BCUT2D eigenvalue weighted by molar-refractivity contribution is 6.33. The number of nitrogens with zero attached hydrogens (tertiary/aromatic N) is 3. The molecule has 1 amide bonds. The molecule has 0 spiro atoms. The lowest BCUT2D eigenvalue weighted by Crippen LogP contribution is -2.35. The van der Waals surface area contributed by atoms with Crippen molar-refractivity contribution in [2.45, 2.75) is 13.0 Å². The third kappa shape index (κ3) is 4.25. The molecule has 0 unspecified atom stereocenters. The molecule has 4 rings (SSSR count). The summed E-state index contributed by atoms with van der Waals surface area (Å²) in [5.41, 5.74) is 4.19. The van der Waals surface area contributed by atoms with Crippen LogP contribution in [0.3, 0.4) is 0 Å². The molecule has 4 aromatic rings. The summed E-state index contributed by atoms with van der Waals surface area (Å²) in [4.78, 5) is 30.8. The molecule has 1 heterocycles. The number of carbonyl (C=O) groups excluding carboxylic acids is 1. The summed E-state index contributed by atoms with van der Waals surface area (Å²) in [6.45, 7) is 1.64. The maximum atomic E-state index is 13.3. The molecular weight excluding hydrogens is 412 g/mol. The van der Waals surface area contributed by atoms with Crippen molar-refractivity contribution in [1.82, 2.24) is 15.0 Å². The van der Waals surface area contributed by atoms with Crippen molar-refractivity contribution in [3.63, 3.8) is 0 Å².